The highest BCUT2D eigenvalue weighted by Crippen LogP contribution is 2.74. The van der Waals surface area contributed by atoms with Crippen LogP contribution in [-0.4, -0.2) is 36.7 Å². The number of hydrogen-bond acceptors (Lipinski definition) is 7. The highest BCUT2D eigenvalue weighted by Gasteiger charge is 2.82. The molecule has 8 rings (SSSR count). The van der Waals surface area contributed by atoms with Crippen molar-refractivity contribution in [3.05, 3.63) is 165 Å². The highest BCUT2D eigenvalue weighted by atomic mass is 35.5. The van der Waals surface area contributed by atoms with Gasteiger partial charge in [-0.15, -0.1) is 0 Å². The van der Waals surface area contributed by atoms with Gasteiger partial charge in [-0.3, -0.25) is 24.5 Å². The van der Waals surface area contributed by atoms with E-state index in [-0.39, 0.29) is 22.2 Å². The smallest absolute Gasteiger partial charge is 0.271 e. The monoisotopic (exact) mass is 696 g/mol. The van der Waals surface area contributed by atoms with Gasteiger partial charge < -0.3 is 9.47 Å². The van der Waals surface area contributed by atoms with Crippen LogP contribution in [0.15, 0.2) is 127 Å². The van der Waals surface area contributed by atoms with Crippen molar-refractivity contribution in [2.75, 3.05) is 19.1 Å². The van der Waals surface area contributed by atoms with Crippen LogP contribution in [0.1, 0.15) is 22.3 Å². The van der Waals surface area contributed by atoms with E-state index in [2.05, 4.69) is 0 Å². The average molecular weight is 697 g/mol. The first-order chi connectivity index (χ1) is 24.7. The van der Waals surface area contributed by atoms with Gasteiger partial charge in [-0.25, -0.2) is 4.90 Å². The van der Waals surface area contributed by atoms with Crippen LogP contribution in [0.4, 0.5) is 11.4 Å². The molecule has 1 saturated carbocycles. The van der Waals surface area contributed by atoms with Crippen molar-refractivity contribution >= 4 is 51.7 Å². The fourth-order valence-electron chi connectivity index (χ4n) is 8.66. The number of fused-ring (bicyclic) bond motifs is 5. The Morgan fingerprint density at radius 2 is 1.08 bits per heavy atom. The summed E-state index contributed by atoms with van der Waals surface area (Å²) in [5.74, 6) is -2.88. The maximum Gasteiger partial charge on any atom is 0.271 e. The molecule has 0 unspecified atom stereocenters. The molecule has 1 heterocycles. The predicted octanol–water partition coefficient (Wildman–Crippen LogP) is 7.45. The molecule has 0 radical (unpaired) electrons. The largest absolute Gasteiger partial charge is 0.497 e. The zero-order valence-electron chi connectivity index (χ0n) is 27.4. The fraction of sp³-hybridized carbons (Fsp3) is 0.146. The standard InChI is InChI=1S/C41H29ClN2O7/c1-50-29-18-13-24(14-19-29)33-34(25-15-20-30(51-2)21-16-25)41(27-11-7-4-8-12-27)36-35(40(33,39(41)47)26-9-5-3-6-10-26)37(45)43(38(36)46)32-23-28(44(48)49)17-22-31(32)42/h3-23,35-36H,1-2H3/t35-,36-,40-,41-/m1/s1. The molecule has 5 aromatic carbocycles. The SMILES string of the molecule is COc1ccc(C2=C(c3ccc(OC)cc3)[C@@]3(c4ccccc4)C(=O)[C@@]2(c2ccccc2)[C@H]2C(=O)N(c4cc([N+](=O)[O-])ccc4Cl)C(=O)[C@@H]23)cc1. The number of carbonyl (C=O) groups excluding carboxylic acids is 3. The van der Waals surface area contributed by atoms with Crippen LogP contribution >= 0.6 is 11.6 Å². The van der Waals surface area contributed by atoms with Crippen molar-refractivity contribution in [3.63, 3.8) is 0 Å². The van der Waals surface area contributed by atoms with Crippen LogP contribution in [0.5, 0.6) is 11.5 Å². The van der Waals surface area contributed by atoms with E-state index >= 15 is 14.4 Å². The molecule has 1 aliphatic heterocycles. The molecule has 9 nitrogen and oxygen atoms in total. The maximum atomic E-state index is 16.1. The molecular formula is C41H29ClN2O7. The summed E-state index contributed by atoms with van der Waals surface area (Å²) in [5, 5.41) is 11.9. The number of ketones is 1. The number of allylic oxidation sites excluding steroid dienone is 2. The third-order valence-electron chi connectivity index (χ3n) is 10.6. The van der Waals surface area contributed by atoms with E-state index in [1.54, 1.807) is 38.5 Å². The lowest BCUT2D eigenvalue weighted by Crippen LogP contribution is -2.45. The summed E-state index contributed by atoms with van der Waals surface area (Å²) in [4.78, 5) is 58.6. The van der Waals surface area contributed by atoms with Gasteiger partial charge in [0.15, 0.2) is 5.78 Å². The lowest BCUT2D eigenvalue weighted by atomic mass is 9.59. The van der Waals surface area contributed by atoms with Crippen LogP contribution < -0.4 is 14.4 Å². The van der Waals surface area contributed by atoms with Gasteiger partial charge in [-0.05, 0) is 63.7 Å². The summed E-state index contributed by atoms with van der Waals surface area (Å²) in [6.45, 7) is 0. The molecule has 4 atom stereocenters. The average Bonchev–Trinajstić information content (AvgIpc) is 3.67. The molecule has 51 heavy (non-hydrogen) atoms. The second-order valence-electron chi connectivity index (χ2n) is 12.7. The predicted molar refractivity (Wildman–Crippen MR) is 192 cm³/mol. The molecule has 5 aromatic rings. The Balaban J connectivity index is 1.53. The van der Waals surface area contributed by atoms with Gasteiger partial charge in [0.2, 0.25) is 11.8 Å². The normalized spacial score (nSPS) is 23.5. The number of non-ortho nitro benzene ring substituents is 1. The van der Waals surface area contributed by atoms with Gasteiger partial charge in [0.1, 0.15) is 11.5 Å². The van der Waals surface area contributed by atoms with Crippen LogP contribution in [0.2, 0.25) is 5.02 Å². The summed E-state index contributed by atoms with van der Waals surface area (Å²) in [6, 6.07) is 36.4. The van der Waals surface area contributed by atoms with Gasteiger partial charge in [0, 0.05) is 12.1 Å². The third kappa shape index (κ3) is 4.24. The molecular weight excluding hydrogens is 668 g/mol. The molecule has 1 saturated heterocycles. The molecule has 2 bridgehead atoms. The zero-order chi connectivity index (χ0) is 35.7. The van der Waals surface area contributed by atoms with E-state index in [0.29, 0.717) is 44.9 Å². The minimum atomic E-state index is -1.67. The number of anilines is 1. The molecule has 3 aliphatic rings. The maximum absolute atomic E-state index is 16.1. The summed E-state index contributed by atoms with van der Waals surface area (Å²) in [6.07, 6.45) is 0. The molecule has 2 aliphatic carbocycles. The minimum absolute atomic E-state index is 0.0119. The highest BCUT2D eigenvalue weighted by molar-refractivity contribution is 6.41. The van der Waals surface area contributed by atoms with Gasteiger partial charge >= 0.3 is 0 Å². The number of hydrogen-bond donors (Lipinski definition) is 0. The molecule has 10 heteroatoms. The minimum Gasteiger partial charge on any atom is -0.497 e. The Bertz CT molecular complexity index is 2160. The van der Waals surface area contributed by atoms with Crippen molar-refractivity contribution < 1.29 is 28.8 Å². The number of methoxy groups -OCH3 is 2. The number of Topliss-reactive ketones (excluding diaryl/α,β-unsaturated/α-hetero) is 1. The number of amides is 2. The van der Waals surface area contributed by atoms with E-state index in [4.69, 9.17) is 21.1 Å². The van der Waals surface area contributed by atoms with Crippen molar-refractivity contribution in [3.8, 4) is 11.5 Å². The van der Waals surface area contributed by atoms with Gasteiger partial charge in [0.05, 0.1) is 52.5 Å². The van der Waals surface area contributed by atoms with Gasteiger partial charge in [-0.2, -0.15) is 0 Å². The summed E-state index contributed by atoms with van der Waals surface area (Å²) < 4.78 is 11.0. The lowest BCUT2D eigenvalue weighted by Gasteiger charge is -2.39. The number of nitro benzene ring substituents is 1. The Hall–Kier alpha value is -6.06. The molecule has 0 aromatic heterocycles. The fourth-order valence-corrected chi connectivity index (χ4v) is 8.87. The topological polar surface area (TPSA) is 116 Å². The Morgan fingerprint density at radius 3 is 1.47 bits per heavy atom. The van der Waals surface area contributed by atoms with Crippen molar-refractivity contribution in [2.24, 2.45) is 11.8 Å². The van der Waals surface area contributed by atoms with E-state index in [1.807, 2.05) is 84.9 Å². The molecule has 0 N–H and O–H groups in total. The van der Waals surface area contributed by atoms with Gasteiger partial charge in [-0.1, -0.05) is 96.5 Å². The summed E-state index contributed by atoms with van der Waals surface area (Å²) >= 11 is 6.63. The number of benzene rings is 5. The Kier molecular flexibility index (Phi) is 7.43. The van der Waals surface area contributed by atoms with E-state index < -0.39 is 39.4 Å². The quantitative estimate of drug-likeness (QED) is 0.0940. The van der Waals surface area contributed by atoms with Crippen molar-refractivity contribution in [1.29, 1.82) is 0 Å². The first kappa shape index (κ1) is 32.2. The number of nitro groups is 1. The van der Waals surface area contributed by atoms with Crippen LogP contribution in [0, 0.1) is 22.0 Å². The van der Waals surface area contributed by atoms with E-state index in [0.717, 1.165) is 11.0 Å². The number of carbonyl (C=O) groups is 3. The van der Waals surface area contributed by atoms with E-state index in [9.17, 15) is 10.1 Å². The second-order valence-corrected chi connectivity index (χ2v) is 13.2. The lowest BCUT2D eigenvalue weighted by molar-refractivity contribution is -0.384. The zero-order valence-corrected chi connectivity index (χ0v) is 28.2. The first-order valence-electron chi connectivity index (χ1n) is 16.2. The Morgan fingerprint density at radius 1 is 0.647 bits per heavy atom. The van der Waals surface area contributed by atoms with Crippen LogP contribution in [0.25, 0.3) is 11.1 Å². The van der Waals surface area contributed by atoms with E-state index in [1.165, 1.54) is 12.1 Å². The molecule has 2 fully saturated rings. The second kappa shape index (κ2) is 11.8. The van der Waals surface area contributed by atoms with Crippen LogP contribution in [0.3, 0.4) is 0 Å². The Labute approximate surface area is 297 Å². The number of rotatable bonds is 8. The van der Waals surface area contributed by atoms with Crippen molar-refractivity contribution in [2.45, 2.75) is 10.8 Å². The summed E-state index contributed by atoms with van der Waals surface area (Å²) in [5.41, 5.74) is -0.168. The number of nitrogens with zero attached hydrogens (tertiary/aromatic N) is 2. The number of ether oxygens (including phenoxy) is 2. The molecule has 252 valence electrons. The summed E-state index contributed by atoms with van der Waals surface area (Å²) in [7, 11) is 3.13. The van der Waals surface area contributed by atoms with Crippen molar-refractivity contribution in [1.82, 2.24) is 0 Å². The molecule has 0 spiro atoms. The number of halogens is 1. The third-order valence-corrected chi connectivity index (χ3v) is 10.9. The van der Waals surface area contributed by atoms with Crippen LogP contribution in [-0.2, 0) is 25.2 Å². The van der Waals surface area contributed by atoms with Gasteiger partial charge in [0.25, 0.3) is 5.69 Å². The first-order valence-corrected chi connectivity index (χ1v) is 16.6. The number of imide groups is 1. The molecule has 2 amide bonds.